The van der Waals surface area contributed by atoms with Gasteiger partial charge in [-0.05, 0) is 43.2 Å². The summed E-state index contributed by atoms with van der Waals surface area (Å²) in [5.41, 5.74) is 4.45. The van der Waals surface area contributed by atoms with Crippen LogP contribution in [-0.2, 0) is 22.9 Å². The van der Waals surface area contributed by atoms with Crippen LogP contribution < -0.4 is 5.32 Å². The van der Waals surface area contributed by atoms with Crippen LogP contribution in [0.3, 0.4) is 0 Å². The third-order valence-electron chi connectivity index (χ3n) is 6.15. The number of para-hydroxylation sites is 2. The van der Waals surface area contributed by atoms with Crippen LogP contribution in [0.1, 0.15) is 30.9 Å². The van der Waals surface area contributed by atoms with E-state index in [9.17, 15) is 8.42 Å². The van der Waals surface area contributed by atoms with Gasteiger partial charge in [-0.25, -0.2) is 18.4 Å². The van der Waals surface area contributed by atoms with Gasteiger partial charge in [0.05, 0.1) is 15.9 Å². The number of aromatic nitrogens is 3. The molecule has 0 amide bonds. The first kappa shape index (κ1) is 23.1. The summed E-state index contributed by atoms with van der Waals surface area (Å²) in [5, 5.41) is 3.44. The first-order valence-corrected chi connectivity index (χ1v) is 13.4. The van der Waals surface area contributed by atoms with E-state index in [0.717, 1.165) is 29.5 Å². The molecule has 0 unspecified atom stereocenters. The van der Waals surface area contributed by atoms with Crippen molar-refractivity contribution in [2.75, 3.05) is 5.32 Å². The topological polar surface area (TPSA) is 76.9 Å². The van der Waals surface area contributed by atoms with E-state index < -0.39 is 9.84 Å². The Hall–Kier alpha value is -3.71. The van der Waals surface area contributed by atoms with Gasteiger partial charge in [-0.1, -0.05) is 73.5 Å². The van der Waals surface area contributed by atoms with Crippen molar-refractivity contribution in [1.29, 1.82) is 0 Å². The lowest BCUT2D eigenvalue weighted by molar-refractivity contribution is 0.595. The van der Waals surface area contributed by atoms with Gasteiger partial charge in [-0.2, -0.15) is 0 Å². The molecule has 0 fully saturated rings. The second kappa shape index (κ2) is 9.50. The van der Waals surface area contributed by atoms with Gasteiger partial charge in [-0.15, -0.1) is 0 Å². The second-order valence-corrected chi connectivity index (χ2v) is 10.6. The van der Waals surface area contributed by atoms with Crippen molar-refractivity contribution >= 4 is 37.9 Å². The first-order valence-electron chi connectivity index (χ1n) is 11.9. The lowest BCUT2D eigenvalue weighted by Gasteiger charge is -2.14. The fourth-order valence-corrected chi connectivity index (χ4v) is 5.81. The Morgan fingerprint density at radius 2 is 1.51 bits per heavy atom. The molecule has 2 aromatic heterocycles. The summed E-state index contributed by atoms with van der Waals surface area (Å²) < 4.78 is 30.2. The van der Waals surface area contributed by atoms with E-state index in [4.69, 9.17) is 9.97 Å². The summed E-state index contributed by atoms with van der Waals surface area (Å²) in [5.74, 6) is 0.535. The predicted molar refractivity (Wildman–Crippen MR) is 140 cm³/mol. The van der Waals surface area contributed by atoms with Crippen LogP contribution in [0.15, 0.2) is 88.7 Å². The molecule has 5 aromatic rings. The maximum atomic E-state index is 14.1. The average molecular weight is 485 g/mol. The standard InChI is InChI=1S/C28H28N4O2S/c1-3-4-18-32-27-25(30-23-12-8-9-13-24(23)31-27)26(28(32)29-19-21-10-6-5-7-11-21)35(33,34)22-16-14-20(2)15-17-22/h5-17,29H,3-4,18-19H2,1-2H3. The number of hydrogen-bond acceptors (Lipinski definition) is 5. The predicted octanol–water partition coefficient (Wildman–Crippen LogP) is 6.14. The number of nitrogens with zero attached hydrogens (tertiary/aromatic N) is 3. The molecule has 0 bridgehead atoms. The van der Waals surface area contributed by atoms with E-state index >= 15 is 0 Å². The van der Waals surface area contributed by atoms with Crippen LogP contribution in [0.5, 0.6) is 0 Å². The summed E-state index contributed by atoms with van der Waals surface area (Å²) in [6.07, 6.45) is 1.86. The number of rotatable bonds is 8. The van der Waals surface area contributed by atoms with E-state index in [2.05, 4.69) is 12.2 Å². The molecule has 6 nitrogen and oxygen atoms in total. The Bertz CT molecular complexity index is 1590. The van der Waals surface area contributed by atoms with Crippen LogP contribution in [0, 0.1) is 6.92 Å². The number of sulfone groups is 1. The molecule has 0 aliphatic carbocycles. The molecular formula is C28H28N4O2S. The number of nitrogens with one attached hydrogen (secondary N) is 1. The molecule has 0 atom stereocenters. The molecule has 0 aliphatic heterocycles. The summed E-state index contributed by atoms with van der Waals surface area (Å²) in [6, 6.07) is 24.5. The fraction of sp³-hybridized carbons (Fsp3) is 0.214. The van der Waals surface area contributed by atoms with Crippen LogP contribution in [0.25, 0.3) is 22.2 Å². The van der Waals surface area contributed by atoms with Crippen molar-refractivity contribution in [1.82, 2.24) is 14.5 Å². The molecule has 3 aromatic carbocycles. The van der Waals surface area contributed by atoms with Crippen molar-refractivity contribution in [3.63, 3.8) is 0 Å². The largest absolute Gasteiger partial charge is 0.366 e. The number of fused-ring (bicyclic) bond motifs is 2. The van der Waals surface area contributed by atoms with Crippen molar-refractivity contribution in [3.05, 3.63) is 90.0 Å². The van der Waals surface area contributed by atoms with Gasteiger partial charge in [0.25, 0.3) is 0 Å². The summed E-state index contributed by atoms with van der Waals surface area (Å²) in [7, 11) is -3.88. The minimum absolute atomic E-state index is 0.182. The fourth-order valence-electron chi connectivity index (χ4n) is 4.25. The van der Waals surface area contributed by atoms with E-state index in [1.807, 2.05) is 78.2 Å². The lowest BCUT2D eigenvalue weighted by Crippen LogP contribution is -2.11. The van der Waals surface area contributed by atoms with Crippen LogP contribution in [0.4, 0.5) is 5.82 Å². The Labute approximate surface area is 205 Å². The molecule has 178 valence electrons. The number of anilines is 1. The van der Waals surface area contributed by atoms with Gasteiger partial charge >= 0.3 is 0 Å². The maximum Gasteiger partial charge on any atom is 0.212 e. The zero-order valence-corrected chi connectivity index (χ0v) is 20.7. The molecule has 0 saturated carbocycles. The molecular weight excluding hydrogens is 456 g/mol. The van der Waals surface area contributed by atoms with Crippen molar-refractivity contribution < 1.29 is 8.42 Å². The molecule has 0 spiro atoms. The Kier molecular flexibility index (Phi) is 6.26. The van der Waals surface area contributed by atoms with Crippen LogP contribution in [0.2, 0.25) is 0 Å². The molecule has 0 saturated heterocycles. The van der Waals surface area contributed by atoms with Gasteiger partial charge < -0.3 is 9.88 Å². The third kappa shape index (κ3) is 4.39. The molecule has 2 heterocycles. The van der Waals surface area contributed by atoms with Crippen LogP contribution >= 0.6 is 0 Å². The van der Waals surface area contributed by atoms with Crippen LogP contribution in [-0.4, -0.2) is 23.0 Å². The summed E-state index contributed by atoms with van der Waals surface area (Å²) in [6.45, 7) is 5.19. The van der Waals surface area contributed by atoms with Gasteiger partial charge in [0.2, 0.25) is 9.84 Å². The van der Waals surface area contributed by atoms with Crippen molar-refractivity contribution in [3.8, 4) is 0 Å². The third-order valence-corrected chi connectivity index (χ3v) is 7.96. The first-order chi connectivity index (χ1) is 17.0. The van der Waals surface area contributed by atoms with E-state index in [-0.39, 0.29) is 9.79 Å². The van der Waals surface area contributed by atoms with Gasteiger partial charge in [0, 0.05) is 13.1 Å². The highest BCUT2D eigenvalue weighted by Gasteiger charge is 2.31. The van der Waals surface area contributed by atoms with E-state index in [1.165, 1.54) is 0 Å². The highest BCUT2D eigenvalue weighted by atomic mass is 32.2. The van der Waals surface area contributed by atoms with E-state index in [1.54, 1.807) is 12.1 Å². The van der Waals surface area contributed by atoms with Gasteiger partial charge in [0.15, 0.2) is 5.65 Å². The number of benzene rings is 3. The maximum absolute atomic E-state index is 14.1. The van der Waals surface area contributed by atoms with Crippen molar-refractivity contribution in [2.24, 2.45) is 0 Å². The van der Waals surface area contributed by atoms with Gasteiger partial charge in [0.1, 0.15) is 16.2 Å². The second-order valence-electron chi connectivity index (χ2n) is 8.72. The monoisotopic (exact) mass is 484 g/mol. The number of unbranched alkanes of at least 4 members (excludes halogenated alkanes) is 1. The molecule has 0 radical (unpaired) electrons. The Morgan fingerprint density at radius 1 is 0.857 bits per heavy atom. The molecule has 7 heteroatoms. The number of aryl methyl sites for hydroxylation is 2. The van der Waals surface area contributed by atoms with Gasteiger partial charge in [-0.3, -0.25) is 0 Å². The minimum Gasteiger partial charge on any atom is -0.366 e. The molecule has 0 aliphatic rings. The average Bonchev–Trinajstić information content (AvgIpc) is 3.18. The Balaban J connectivity index is 1.79. The van der Waals surface area contributed by atoms with Crippen molar-refractivity contribution in [2.45, 2.75) is 49.6 Å². The summed E-state index contributed by atoms with van der Waals surface area (Å²) in [4.78, 5) is 10.1. The zero-order chi connectivity index (χ0) is 24.4. The highest BCUT2D eigenvalue weighted by Crippen LogP contribution is 2.37. The molecule has 35 heavy (non-hydrogen) atoms. The minimum atomic E-state index is -3.88. The quantitative estimate of drug-likeness (QED) is 0.286. The smallest absolute Gasteiger partial charge is 0.212 e. The Morgan fingerprint density at radius 3 is 2.20 bits per heavy atom. The van der Waals surface area contributed by atoms with E-state index in [0.29, 0.717) is 35.6 Å². The lowest BCUT2D eigenvalue weighted by atomic mass is 10.2. The summed E-state index contributed by atoms with van der Waals surface area (Å²) >= 11 is 0. The zero-order valence-electron chi connectivity index (χ0n) is 19.9. The molecule has 5 rings (SSSR count). The molecule has 1 N–H and O–H groups in total. The number of hydrogen-bond donors (Lipinski definition) is 1. The SMILES string of the molecule is CCCCn1c(NCc2ccccc2)c(S(=O)(=O)c2ccc(C)cc2)c2nc3ccccc3nc21. The normalized spacial score (nSPS) is 11.8. The highest BCUT2D eigenvalue weighted by molar-refractivity contribution is 7.92.